The van der Waals surface area contributed by atoms with Crippen LogP contribution in [-0.4, -0.2) is 51.2 Å². The van der Waals surface area contributed by atoms with Gasteiger partial charge in [0.1, 0.15) is 0 Å². The molecule has 5 atom stereocenters. The van der Waals surface area contributed by atoms with Crippen LogP contribution in [0, 0.1) is 11.3 Å². The van der Waals surface area contributed by atoms with Crippen molar-refractivity contribution in [1.29, 1.82) is 0 Å². The van der Waals surface area contributed by atoms with E-state index in [4.69, 9.17) is 0 Å². The molecule has 2 saturated heterocycles. The smallest absolute Gasteiger partial charge is 0.154 e. The first-order chi connectivity index (χ1) is 9.42. The molecule has 2 N–H and O–H groups in total. The number of aliphatic hydroxyl groups excluding tert-OH is 1. The molecule has 0 radical (unpaired) electrons. The molecule has 4 heteroatoms. The predicted molar refractivity (Wildman–Crippen MR) is 74.2 cm³/mol. The third kappa shape index (κ3) is 1.31. The minimum absolute atomic E-state index is 0.162. The predicted octanol–water partition coefficient (Wildman–Crippen LogP) is 1.10. The number of aliphatic hydroxyl groups is 2. The summed E-state index contributed by atoms with van der Waals surface area (Å²) in [6.07, 6.45) is 5.14. The number of hydrogen-bond acceptors (Lipinski definition) is 4. The summed E-state index contributed by atoms with van der Waals surface area (Å²) in [5, 5.41) is 21.3. The van der Waals surface area contributed by atoms with Crippen LogP contribution in [0.25, 0.3) is 0 Å². The van der Waals surface area contributed by atoms with E-state index in [1.807, 2.05) is 6.92 Å². The Balaban J connectivity index is 1.85. The molecule has 112 valence electrons. The van der Waals surface area contributed by atoms with Crippen molar-refractivity contribution >= 4 is 5.78 Å². The third-order valence-electron chi connectivity index (χ3n) is 6.83. The fourth-order valence-electron chi connectivity index (χ4n) is 6.35. The first-order valence-electron chi connectivity index (χ1n) is 8.11. The molecule has 2 saturated carbocycles. The highest BCUT2D eigenvalue weighted by atomic mass is 16.3. The van der Waals surface area contributed by atoms with Crippen LogP contribution in [0.4, 0.5) is 0 Å². The summed E-state index contributed by atoms with van der Waals surface area (Å²) < 4.78 is 0. The van der Waals surface area contributed by atoms with Gasteiger partial charge in [-0.1, -0.05) is 0 Å². The van der Waals surface area contributed by atoms with E-state index < -0.39 is 17.2 Å². The standard InChI is InChI=1S/C16H25NO3/c1-14(20)9-11-8-12(18)16-5-3-7-17(16)6-2-4-15(11,16)13(19)10-14/h11,13,19-20H,2-10H2,1H3/t11-,13+,14+,15-,16+/m1/s1. The Morgan fingerprint density at radius 2 is 1.90 bits per heavy atom. The van der Waals surface area contributed by atoms with Gasteiger partial charge in [0.15, 0.2) is 5.78 Å². The molecule has 4 nitrogen and oxygen atoms in total. The molecule has 0 bridgehead atoms. The van der Waals surface area contributed by atoms with Crippen molar-refractivity contribution in [3.05, 3.63) is 0 Å². The molecule has 2 spiro atoms. The summed E-state index contributed by atoms with van der Waals surface area (Å²) in [5.41, 5.74) is -1.49. The quantitative estimate of drug-likeness (QED) is 0.697. The van der Waals surface area contributed by atoms with Crippen LogP contribution in [0.1, 0.15) is 51.9 Å². The minimum atomic E-state index is -0.817. The van der Waals surface area contributed by atoms with E-state index in [-0.39, 0.29) is 11.3 Å². The van der Waals surface area contributed by atoms with Crippen LogP contribution in [-0.2, 0) is 4.79 Å². The molecule has 2 aliphatic heterocycles. The number of hydrogen-bond donors (Lipinski definition) is 2. The lowest BCUT2D eigenvalue weighted by atomic mass is 9.52. The molecule has 4 rings (SSSR count). The summed E-state index contributed by atoms with van der Waals surface area (Å²) in [5.74, 6) is 0.506. The van der Waals surface area contributed by atoms with Gasteiger partial charge in [-0.2, -0.15) is 0 Å². The maximum Gasteiger partial charge on any atom is 0.154 e. The van der Waals surface area contributed by atoms with Gasteiger partial charge in [-0.3, -0.25) is 9.69 Å². The first kappa shape index (κ1) is 13.2. The molecule has 2 aliphatic carbocycles. The Morgan fingerprint density at radius 3 is 2.65 bits per heavy atom. The Morgan fingerprint density at radius 1 is 1.20 bits per heavy atom. The van der Waals surface area contributed by atoms with Gasteiger partial charge in [-0.25, -0.2) is 0 Å². The molecular weight excluding hydrogens is 254 g/mol. The molecule has 0 aromatic heterocycles. The lowest BCUT2D eigenvalue weighted by Crippen LogP contribution is -2.68. The van der Waals surface area contributed by atoms with Crippen molar-refractivity contribution in [2.24, 2.45) is 11.3 Å². The summed E-state index contributed by atoms with van der Waals surface area (Å²) >= 11 is 0. The topological polar surface area (TPSA) is 60.8 Å². The molecule has 20 heavy (non-hydrogen) atoms. The maximum atomic E-state index is 12.9. The van der Waals surface area contributed by atoms with Gasteiger partial charge in [0.2, 0.25) is 0 Å². The highest BCUT2D eigenvalue weighted by molar-refractivity contribution is 5.93. The van der Waals surface area contributed by atoms with E-state index in [0.29, 0.717) is 25.0 Å². The second kappa shape index (κ2) is 3.84. The average molecular weight is 279 g/mol. The van der Waals surface area contributed by atoms with Gasteiger partial charge >= 0.3 is 0 Å². The third-order valence-corrected chi connectivity index (χ3v) is 6.83. The summed E-state index contributed by atoms with van der Waals surface area (Å²) in [4.78, 5) is 15.3. The molecule has 4 aliphatic rings. The van der Waals surface area contributed by atoms with Crippen LogP contribution in [0.2, 0.25) is 0 Å². The highest BCUT2D eigenvalue weighted by Gasteiger charge is 2.73. The monoisotopic (exact) mass is 279 g/mol. The van der Waals surface area contributed by atoms with E-state index in [1.54, 1.807) is 0 Å². The van der Waals surface area contributed by atoms with E-state index in [2.05, 4.69) is 4.90 Å². The average Bonchev–Trinajstić information content (AvgIpc) is 2.88. The van der Waals surface area contributed by atoms with Gasteiger partial charge in [-0.05, 0) is 58.0 Å². The number of Topliss-reactive ketones (excluding diaryl/α,β-unsaturated/α-hetero) is 1. The Bertz CT molecular complexity index is 463. The number of carbonyl (C=O) groups is 1. The summed E-state index contributed by atoms with van der Waals surface area (Å²) in [7, 11) is 0. The number of piperidine rings is 1. The maximum absolute atomic E-state index is 12.9. The summed E-state index contributed by atoms with van der Waals surface area (Å²) in [6.45, 7) is 3.82. The fraction of sp³-hybridized carbons (Fsp3) is 0.938. The molecule has 2 heterocycles. The van der Waals surface area contributed by atoms with Crippen molar-refractivity contribution in [2.75, 3.05) is 13.1 Å². The van der Waals surface area contributed by atoms with E-state index >= 15 is 0 Å². The van der Waals surface area contributed by atoms with Crippen molar-refractivity contribution in [3.8, 4) is 0 Å². The van der Waals surface area contributed by atoms with Crippen LogP contribution in [0.15, 0.2) is 0 Å². The Labute approximate surface area is 120 Å². The highest BCUT2D eigenvalue weighted by Crippen LogP contribution is 2.66. The SMILES string of the molecule is C[C@]1(O)C[C@H]2CC(=O)[C@]34CCCN3CCC[C@]24[C@@H](O)C1. The first-order valence-corrected chi connectivity index (χ1v) is 8.11. The zero-order chi connectivity index (χ0) is 14.2. The van der Waals surface area contributed by atoms with Crippen LogP contribution in [0.5, 0.6) is 0 Å². The van der Waals surface area contributed by atoms with Crippen LogP contribution >= 0.6 is 0 Å². The normalized spacial score (nSPS) is 55.5. The van der Waals surface area contributed by atoms with E-state index in [9.17, 15) is 15.0 Å². The van der Waals surface area contributed by atoms with Gasteiger partial charge in [0.05, 0.1) is 17.2 Å². The second-order valence-electron chi connectivity index (χ2n) is 7.84. The fourth-order valence-corrected chi connectivity index (χ4v) is 6.35. The molecule has 0 aromatic carbocycles. The van der Waals surface area contributed by atoms with Gasteiger partial charge in [-0.15, -0.1) is 0 Å². The van der Waals surface area contributed by atoms with Crippen LogP contribution < -0.4 is 0 Å². The Hall–Kier alpha value is -0.450. The number of nitrogens with zero attached hydrogens (tertiary/aromatic N) is 1. The molecule has 0 amide bonds. The van der Waals surface area contributed by atoms with Gasteiger partial charge in [0.25, 0.3) is 0 Å². The van der Waals surface area contributed by atoms with Gasteiger partial charge < -0.3 is 10.2 Å². The van der Waals surface area contributed by atoms with Crippen molar-refractivity contribution in [3.63, 3.8) is 0 Å². The largest absolute Gasteiger partial charge is 0.392 e. The lowest BCUT2D eigenvalue weighted by Gasteiger charge is -2.59. The molecule has 0 unspecified atom stereocenters. The van der Waals surface area contributed by atoms with Crippen LogP contribution in [0.3, 0.4) is 0 Å². The minimum Gasteiger partial charge on any atom is -0.392 e. The van der Waals surface area contributed by atoms with Crippen molar-refractivity contribution < 1.29 is 15.0 Å². The number of ketones is 1. The van der Waals surface area contributed by atoms with E-state index in [1.165, 1.54) is 0 Å². The number of rotatable bonds is 0. The lowest BCUT2D eigenvalue weighted by molar-refractivity contribution is -0.185. The van der Waals surface area contributed by atoms with Crippen molar-refractivity contribution in [2.45, 2.75) is 69.1 Å². The number of carbonyl (C=O) groups excluding carboxylic acids is 1. The molecular formula is C16H25NO3. The zero-order valence-corrected chi connectivity index (χ0v) is 12.3. The molecule has 0 aromatic rings. The molecule has 4 fully saturated rings. The summed E-state index contributed by atoms with van der Waals surface area (Å²) in [6, 6.07) is 0. The second-order valence-corrected chi connectivity index (χ2v) is 7.84. The Kier molecular flexibility index (Phi) is 2.54. The van der Waals surface area contributed by atoms with Crippen molar-refractivity contribution in [1.82, 2.24) is 4.90 Å². The van der Waals surface area contributed by atoms with E-state index in [0.717, 1.165) is 38.8 Å². The zero-order valence-electron chi connectivity index (χ0n) is 12.3. The van der Waals surface area contributed by atoms with Gasteiger partial charge in [0, 0.05) is 18.3 Å².